The van der Waals surface area contributed by atoms with Crippen molar-refractivity contribution in [1.82, 2.24) is 10.2 Å². The zero-order chi connectivity index (χ0) is 16.2. The molecule has 3 aromatic rings. The average Bonchev–Trinajstić information content (AvgIpc) is 3.00. The maximum Gasteiger partial charge on any atom is 0.235 e. The first-order valence-corrected chi connectivity index (χ1v) is 6.86. The van der Waals surface area contributed by atoms with Crippen LogP contribution < -0.4 is 5.32 Å². The molecule has 0 aliphatic heterocycles. The van der Waals surface area contributed by atoms with Gasteiger partial charge in [0.15, 0.2) is 17.5 Å². The van der Waals surface area contributed by atoms with Gasteiger partial charge in [-0.15, -0.1) is 10.2 Å². The smallest absolute Gasteiger partial charge is 0.235 e. The summed E-state index contributed by atoms with van der Waals surface area (Å²) in [6.45, 7) is 0.00375. The van der Waals surface area contributed by atoms with Crippen LogP contribution in [0.2, 0.25) is 0 Å². The number of halogens is 3. The molecule has 3 rings (SSSR count). The second kappa shape index (κ2) is 6.51. The lowest BCUT2D eigenvalue weighted by Crippen LogP contribution is -2.04. The number of anilines is 1. The van der Waals surface area contributed by atoms with Crippen LogP contribution in [-0.2, 0) is 13.0 Å². The Hall–Kier alpha value is -2.83. The molecule has 23 heavy (non-hydrogen) atoms. The Balaban J connectivity index is 1.65. The van der Waals surface area contributed by atoms with Gasteiger partial charge in [-0.25, -0.2) is 13.2 Å². The summed E-state index contributed by atoms with van der Waals surface area (Å²) in [7, 11) is 0. The van der Waals surface area contributed by atoms with E-state index in [1.165, 1.54) is 0 Å². The van der Waals surface area contributed by atoms with Gasteiger partial charge in [-0.3, -0.25) is 0 Å². The molecule has 0 saturated heterocycles. The van der Waals surface area contributed by atoms with E-state index in [1.54, 1.807) is 0 Å². The zero-order valence-corrected chi connectivity index (χ0v) is 11.9. The molecule has 0 aliphatic rings. The van der Waals surface area contributed by atoms with Gasteiger partial charge in [0.25, 0.3) is 0 Å². The molecule has 2 aromatic carbocycles. The molecular weight excluding hydrogens is 307 g/mol. The maximum absolute atomic E-state index is 13.5. The van der Waals surface area contributed by atoms with Crippen molar-refractivity contribution in [1.29, 1.82) is 0 Å². The molecule has 0 aliphatic carbocycles. The third kappa shape index (κ3) is 3.50. The van der Waals surface area contributed by atoms with E-state index in [0.717, 1.165) is 17.7 Å². The van der Waals surface area contributed by atoms with E-state index in [1.807, 2.05) is 30.3 Å². The largest absolute Gasteiger partial charge is 0.423 e. The number of hydrogen-bond donors (Lipinski definition) is 1. The van der Waals surface area contributed by atoms with Gasteiger partial charge < -0.3 is 9.73 Å². The Morgan fingerprint density at radius 1 is 0.870 bits per heavy atom. The minimum Gasteiger partial charge on any atom is -0.423 e. The number of aromatic nitrogens is 2. The van der Waals surface area contributed by atoms with Crippen molar-refractivity contribution in [2.24, 2.45) is 0 Å². The van der Waals surface area contributed by atoms with Crippen molar-refractivity contribution in [2.45, 2.75) is 13.0 Å². The van der Waals surface area contributed by atoms with Crippen LogP contribution >= 0.6 is 0 Å². The summed E-state index contributed by atoms with van der Waals surface area (Å²) < 4.78 is 44.9. The van der Waals surface area contributed by atoms with Gasteiger partial charge in [-0.1, -0.05) is 30.3 Å². The second-order valence-corrected chi connectivity index (χ2v) is 4.83. The fourth-order valence-corrected chi connectivity index (χ4v) is 2.03. The van der Waals surface area contributed by atoms with Crippen molar-refractivity contribution in [3.05, 3.63) is 77.3 Å². The van der Waals surface area contributed by atoms with Gasteiger partial charge in [0.05, 0.1) is 18.7 Å². The Kier molecular flexibility index (Phi) is 4.27. The third-order valence-electron chi connectivity index (χ3n) is 3.17. The van der Waals surface area contributed by atoms with Gasteiger partial charge in [-0.2, -0.15) is 0 Å². The Morgan fingerprint density at radius 2 is 1.61 bits per heavy atom. The predicted molar refractivity (Wildman–Crippen MR) is 77.2 cm³/mol. The Morgan fingerprint density at radius 3 is 2.39 bits per heavy atom. The molecule has 0 fully saturated rings. The molecule has 118 valence electrons. The normalized spacial score (nSPS) is 10.7. The monoisotopic (exact) mass is 319 g/mol. The average molecular weight is 319 g/mol. The summed E-state index contributed by atoms with van der Waals surface area (Å²) in [5, 5.41) is 10.3. The quantitative estimate of drug-likeness (QED) is 0.729. The number of hydrogen-bond acceptors (Lipinski definition) is 4. The van der Waals surface area contributed by atoms with E-state index in [4.69, 9.17) is 4.42 Å². The highest BCUT2D eigenvalue weighted by atomic mass is 19.2. The highest BCUT2D eigenvalue weighted by molar-refractivity contribution is 5.45. The molecular formula is C16H12F3N3O. The first-order chi connectivity index (χ1) is 11.1. The zero-order valence-electron chi connectivity index (χ0n) is 11.9. The molecule has 0 spiro atoms. The van der Waals surface area contributed by atoms with E-state index in [9.17, 15) is 13.2 Å². The summed E-state index contributed by atoms with van der Waals surface area (Å²) in [5.74, 6) is -3.41. The molecule has 0 unspecified atom stereocenters. The van der Waals surface area contributed by atoms with Gasteiger partial charge >= 0.3 is 0 Å². The lowest BCUT2D eigenvalue weighted by atomic mass is 10.2. The van der Waals surface area contributed by atoms with Crippen LogP contribution in [0.1, 0.15) is 17.3 Å². The van der Waals surface area contributed by atoms with Gasteiger partial charge in [0, 0.05) is 0 Å². The summed E-state index contributed by atoms with van der Waals surface area (Å²) in [6.07, 6.45) is 0.480. The second-order valence-electron chi connectivity index (χ2n) is 4.83. The fourth-order valence-electron chi connectivity index (χ4n) is 2.03. The van der Waals surface area contributed by atoms with Crippen molar-refractivity contribution in [2.75, 3.05) is 5.32 Å². The van der Waals surface area contributed by atoms with Gasteiger partial charge in [-0.05, 0) is 17.7 Å². The third-order valence-corrected chi connectivity index (χ3v) is 3.17. The lowest BCUT2D eigenvalue weighted by molar-refractivity contribution is 0.446. The first kappa shape index (κ1) is 15.1. The van der Waals surface area contributed by atoms with E-state index in [0.29, 0.717) is 12.3 Å². The Labute approximate surface area is 130 Å². The number of nitrogens with one attached hydrogen (secondary N) is 1. The molecule has 4 nitrogen and oxygen atoms in total. The van der Waals surface area contributed by atoms with Crippen molar-refractivity contribution in [3.8, 4) is 0 Å². The molecule has 1 heterocycles. The minimum atomic E-state index is -1.52. The minimum absolute atomic E-state index is 0.00375. The van der Waals surface area contributed by atoms with E-state index >= 15 is 0 Å². The number of benzene rings is 2. The maximum atomic E-state index is 13.5. The van der Waals surface area contributed by atoms with E-state index in [2.05, 4.69) is 15.5 Å². The van der Waals surface area contributed by atoms with E-state index < -0.39 is 17.5 Å². The van der Waals surface area contributed by atoms with Crippen molar-refractivity contribution >= 4 is 5.69 Å². The molecule has 1 N–H and O–H groups in total. The summed E-state index contributed by atoms with van der Waals surface area (Å²) in [4.78, 5) is 0. The van der Waals surface area contributed by atoms with Crippen LogP contribution in [0.25, 0.3) is 0 Å². The molecule has 0 atom stereocenters. The molecule has 7 heteroatoms. The lowest BCUT2D eigenvalue weighted by Gasteiger charge is -2.05. The van der Waals surface area contributed by atoms with Crippen molar-refractivity contribution in [3.63, 3.8) is 0 Å². The standard InChI is InChI=1S/C16H12F3N3O/c17-11-6-7-12(16(19)15(11)18)20-9-14-22-21-13(23-14)8-10-4-2-1-3-5-10/h1-7,20H,8-9H2. The van der Waals surface area contributed by atoms with Crippen LogP contribution in [0.4, 0.5) is 18.9 Å². The molecule has 0 saturated carbocycles. The number of rotatable bonds is 5. The summed E-state index contributed by atoms with van der Waals surface area (Å²) >= 11 is 0. The molecule has 0 bridgehead atoms. The molecule has 0 radical (unpaired) electrons. The van der Waals surface area contributed by atoms with Crippen molar-refractivity contribution < 1.29 is 17.6 Å². The molecule has 0 amide bonds. The van der Waals surface area contributed by atoms with Crippen LogP contribution in [0.3, 0.4) is 0 Å². The van der Waals surface area contributed by atoms with Gasteiger partial charge in [0.1, 0.15) is 0 Å². The Bertz CT molecular complexity index is 806. The van der Waals surface area contributed by atoms with Gasteiger partial charge in [0.2, 0.25) is 11.8 Å². The summed E-state index contributed by atoms with van der Waals surface area (Å²) in [6, 6.07) is 11.5. The van der Waals surface area contributed by atoms with Crippen LogP contribution in [0.5, 0.6) is 0 Å². The van der Waals surface area contributed by atoms with Crippen LogP contribution in [0.15, 0.2) is 46.9 Å². The van der Waals surface area contributed by atoms with Crippen LogP contribution in [-0.4, -0.2) is 10.2 Å². The SMILES string of the molecule is Fc1ccc(NCc2nnc(Cc3ccccc3)o2)c(F)c1F. The first-order valence-electron chi connectivity index (χ1n) is 6.86. The predicted octanol–water partition coefficient (Wildman–Crippen LogP) is 3.69. The molecule has 1 aromatic heterocycles. The number of nitrogens with zero attached hydrogens (tertiary/aromatic N) is 2. The van der Waals surface area contributed by atoms with Crippen LogP contribution in [0, 0.1) is 17.5 Å². The highest BCUT2D eigenvalue weighted by Crippen LogP contribution is 2.20. The fraction of sp³-hybridized carbons (Fsp3) is 0.125. The summed E-state index contributed by atoms with van der Waals surface area (Å²) in [5.41, 5.74) is 0.842. The highest BCUT2D eigenvalue weighted by Gasteiger charge is 2.14. The topological polar surface area (TPSA) is 51.0 Å². The van der Waals surface area contributed by atoms with E-state index in [-0.39, 0.29) is 18.1 Å².